The Kier molecular flexibility index (Phi) is 6.10. The Bertz CT molecular complexity index is 815. The Balaban J connectivity index is 2.20. The van der Waals surface area contributed by atoms with Crippen molar-refractivity contribution in [3.05, 3.63) is 61.0 Å². The van der Waals surface area contributed by atoms with Crippen LogP contribution in [0.5, 0.6) is 11.5 Å². The fraction of sp³-hybridized carbons (Fsp3) is 0.0667. The lowest BCUT2D eigenvalue weighted by atomic mass is 10.2. The number of carboxylic acid groups (broad SMARTS) is 1. The Morgan fingerprint density at radius 1 is 1.16 bits per heavy atom. The van der Waals surface area contributed by atoms with E-state index in [2.05, 4.69) is 37.2 Å². The highest BCUT2D eigenvalue weighted by atomic mass is 79.9. The number of hydrogen-bond acceptors (Lipinski definition) is 5. The quantitative estimate of drug-likeness (QED) is 0.487. The molecule has 0 aliphatic heterocycles. The molecule has 0 saturated heterocycles. The number of rotatable bonds is 6. The molecule has 2 N–H and O–H groups in total. The fourth-order valence-electron chi connectivity index (χ4n) is 1.80. The summed E-state index contributed by atoms with van der Waals surface area (Å²) in [6, 6.07) is 8.47. The van der Waals surface area contributed by atoms with E-state index < -0.39 is 23.3 Å². The standard InChI is InChI=1S/C15H10Br2N2O6/c16-11-5-8(15(22)18-7-13(20)21)6-12(17)14(11)25-10-3-1-9(2-4-10)19(23)24/h1-6H,7H2,(H,18,22)(H,20,21). The molecule has 130 valence electrons. The van der Waals surface area contributed by atoms with Gasteiger partial charge in [-0.3, -0.25) is 19.7 Å². The molecule has 0 radical (unpaired) electrons. The number of hydrogen-bond donors (Lipinski definition) is 2. The molecular formula is C15H10Br2N2O6. The van der Waals surface area contributed by atoms with Crippen LogP contribution in [0.2, 0.25) is 0 Å². The van der Waals surface area contributed by atoms with Gasteiger partial charge in [-0.05, 0) is 56.1 Å². The molecule has 0 bridgehead atoms. The SMILES string of the molecule is O=C(O)CNC(=O)c1cc(Br)c(Oc2ccc([N+](=O)[O-])cc2)c(Br)c1. The number of carbonyl (C=O) groups excluding carboxylic acids is 1. The Morgan fingerprint density at radius 2 is 1.72 bits per heavy atom. The molecule has 0 unspecified atom stereocenters. The highest BCUT2D eigenvalue weighted by Gasteiger charge is 2.15. The third kappa shape index (κ3) is 5.00. The van der Waals surface area contributed by atoms with Crippen molar-refractivity contribution in [3.63, 3.8) is 0 Å². The number of nitro groups is 1. The van der Waals surface area contributed by atoms with Crippen LogP contribution < -0.4 is 10.1 Å². The predicted octanol–water partition coefficient (Wildman–Crippen LogP) is 3.73. The summed E-state index contributed by atoms with van der Waals surface area (Å²) < 4.78 is 6.56. The smallest absolute Gasteiger partial charge is 0.322 e. The summed E-state index contributed by atoms with van der Waals surface area (Å²) in [5.41, 5.74) is 0.173. The van der Waals surface area contributed by atoms with Crippen molar-refractivity contribution in [2.24, 2.45) is 0 Å². The minimum atomic E-state index is -1.15. The van der Waals surface area contributed by atoms with Crippen molar-refractivity contribution in [2.45, 2.75) is 0 Å². The number of benzene rings is 2. The van der Waals surface area contributed by atoms with Gasteiger partial charge >= 0.3 is 5.97 Å². The van der Waals surface area contributed by atoms with Gasteiger partial charge in [0, 0.05) is 17.7 Å². The molecular weight excluding hydrogens is 464 g/mol. The van der Waals surface area contributed by atoms with Crippen LogP contribution in [0.25, 0.3) is 0 Å². The highest BCUT2D eigenvalue weighted by Crippen LogP contribution is 2.38. The van der Waals surface area contributed by atoms with Crippen LogP contribution in [-0.4, -0.2) is 28.5 Å². The van der Waals surface area contributed by atoms with Gasteiger partial charge < -0.3 is 15.2 Å². The summed E-state index contributed by atoms with van der Waals surface area (Å²) in [5.74, 6) is -0.964. The van der Waals surface area contributed by atoms with Gasteiger partial charge in [-0.15, -0.1) is 0 Å². The number of carboxylic acids is 1. The van der Waals surface area contributed by atoms with E-state index >= 15 is 0 Å². The van der Waals surface area contributed by atoms with E-state index in [1.165, 1.54) is 36.4 Å². The summed E-state index contributed by atoms with van der Waals surface area (Å²) in [6.45, 7) is -0.491. The maximum Gasteiger partial charge on any atom is 0.322 e. The molecule has 2 aromatic rings. The number of nitrogens with zero attached hydrogens (tertiary/aromatic N) is 1. The molecule has 0 spiro atoms. The van der Waals surface area contributed by atoms with Crippen molar-refractivity contribution in [1.82, 2.24) is 5.32 Å². The van der Waals surface area contributed by atoms with E-state index in [0.717, 1.165) is 0 Å². The van der Waals surface area contributed by atoms with E-state index in [0.29, 0.717) is 20.4 Å². The second-order valence-electron chi connectivity index (χ2n) is 4.70. The molecule has 0 atom stereocenters. The van der Waals surface area contributed by atoms with Gasteiger partial charge in [0.15, 0.2) is 5.75 Å². The van der Waals surface area contributed by atoms with Gasteiger partial charge in [-0.25, -0.2) is 0 Å². The summed E-state index contributed by atoms with van der Waals surface area (Å²) >= 11 is 6.56. The Hall–Kier alpha value is -2.46. The summed E-state index contributed by atoms with van der Waals surface area (Å²) in [4.78, 5) is 32.5. The van der Waals surface area contributed by atoms with Crippen LogP contribution in [0.1, 0.15) is 10.4 Å². The summed E-state index contributed by atoms with van der Waals surface area (Å²) in [5, 5.41) is 21.5. The van der Waals surface area contributed by atoms with E-state index in [1.807, 2.05) is 0 Å². The zero-order valence-electron chi connectivity index (χ0n) is 12.4. The zero-order chi connectivity index (χ0) is 18.6. The number of halogens is 2. The van der Waals surface area contributed by atoms with Gasteiger partial charge in [-0.2, -0.15) is 0 Å². The number of aliphatic carboxylic acids is 1. The largest absolute Gasteiger partial charge is 0.480 e. The topological polar surface area (TPSA) is 119 Å². The predicted molar refractivity (Wildman–Crippen MR) is 95.0 cm³/mol. The number of nitrogens with one attached hydrogen (secondary N) is 1. The van der Waals surface area contributed by atoms with Crippen molar-refractivity contribution in [3.8, 4) is 11.5 Å². The second-order valence-corrected chi connectivity index (χ2v) is 6.41. The first-order valence-corrected chi connectivity index (χ1v) is 8.28. The van der Waals surface area contributed by atoms with Crippen LogP contribution >= 0.6 is 31.9 Å². The maximum absolute atomic E-state index is 11.9. The molecule has 2 aromatic carbocycles. The van der Waals surface area contributed by atoms with E-state index in [9.17, 15) is 19.7 Å². The van der Waals surface area contributed by atoms with Gasteiger partial charge in [0.2, 0.25) is 0 Å². The lowest BCUT2D eigenvalue weighted by Crippen LogP contribution is -2.29. The molecule has 8 nitrogen and oxygen atoms in total. The van der Waals surface area contributed by atoms with Crippen LogP contribution in [0.4, 0.5) is 5.69 Å². The molecule has 0 aromatic heterocycles. The average molecular weight is 474 g/mol. The first-order valence-electron chi connectivity index (χ1n) is 6.69. The molecule has 0 aliphatic rings. The van der Waals surface area contributed by atoms with Crippen molar-refractivity contribution in [1.29, 1.82) is 0 Å². The number of amides is 1. The van der Waals surface area contributed by atoms with Gasteiger partial charge in [0.1, 0.15) is 12.3 Å². The molecule has 0 fully saturated rings. The molecule has 10 heteroatoms. The van der Waals surface area contributed by atoms with Gasteiger partial charge in [-0.1, -0.05) is 0 Å². The molecule has 0 saturated carbocycles. The lowest BCUT2D eigenvalue weighted by Gasteiger charge is -2.12. The number of nitro benzene ring substituents is 1. The average Bonchev–Trinajstić information content (AvgIpc) is 2.56. The Labute approximate surface area is 158 Å². The number of non-ortho nitro benzene ring substituents is 1. The first-order chi connectivity index (χ1) is 11.8. The molecule has 1 amide bonds. The first kappa shape index (κ1) is 18.9. The van der Waals surface area contributed by atoms with Crippen LogP contribution in [0.3, 0.4) is 0 Å². The second kappa shape index (κ2) is 8.08. The van der Waals surface area contributed by atoms with Crippen molar-refractivity contribution in [2.75, 3.05) is 6.54 Å². The van der Waals surface area contributed by atoms with Gasteiger partial charge in [0.25, 0.3) is 11.6 Å². The minimum Gasteiger partial charge on any atom is -0.480 e. The summed E-state index contributed by atoms with van der Waals surface area (Å²) in [6.07, 6.45) is 0. The third-order valence-corrected chi connectivity index (χ3v) is 4.11. The Morgan fingerprint density at radius 3 is 2.20 bits per heavy atom. The summed E-state index contributed by atoms with van der Waals surface area (Å²) in [7, 11) is 0. The number of ether oxygens (including phenoxy) is 1. The van der Waals surface area contributed by atoms with Crippen molar-refractivity contribution < 1.29 is 24.4 Å². The van der Waals surface area contributed by atoms with Gasteiger partial charge in [0.05, 0.1) is 13.9 Å². The monoisotopic (exact) mass is 472 g/mol. The van der Waals surface area contributed by atoms with Crippen LogP contribution in [-0.2, 0) is 4.79 Å². The molecule has 0 aliphatic carbocycles. The zero-order valence-corrected chi connectivity index (χ0v) is 15.5. The van der Waals surface area contributed by atoms with Crippen LogP contribution in [0.15, 0.2) is 45.3 Å². The van der Waals surface area contributed by atoms with E-state index in [1.54, 1.807) is 0 Å². The maximum atomic E-state index is 11.9. The van der Waals surface area contributed by atoms with Crippen molar-refractivity contribution >= 4 is 49.4 Å². The minimum absolute atomic E-state index is 0.0593. The number of carbonyl (C=O) groups is 2. The van der Waals surface area contributed by atoms with E-state index in [4.69, 9.17) is 9.84 Å². The normalized spacial score (nSPS) is 10.2. The highest BCUT2D eigenvalue weighted by molar-refractivity contribution is 9.11. The van der Waals surface area contributed by atoms with Crippen LogP contribution in [0, 0.1) is 10.1 Å². The molecule has 25 heavy (non-hydrogen) atoms. The third-order valence-electron chi connectivity index (χ3n) is 2.93. The fourth-order valence-corrected chi connectivity index (χ4v) is 3.15. The lowest BCUT2D eigenvalue weighted by molar-refractivity contribution is -0.384. The van der Waals surface area contributed by atoms with E-state index in [-0.39, 0.29) is 11.3 Å². The molecule has 2 rings (SSSR count). The molecule has 0 heterocycles.